The first-order valence-corrected chi connectivity index (χ1v) is 9.10. The van der Waals surface area contributed by atoms with E-state index < -0.39 is 10.2 Å². The third kappa shape index (κ3) is 4.39. The van der Waals surface area contributed by atoms with Gasteiger partial charge in [0.15, 0.2) is 0 Å². The summed E-state index contributed by atoms with van der Waals surface area (Å²) in [6.45, 7) is 1.10. The van der Waals surface area contributed by atoms with Gasteiger partial charge < -0.3 is 4.74 Å². The summed E-state index contributed by atoms with van der Waals surface area (Å²) >= 11 is 0. The predicted octanol–water partition coefficient (Wildman–Crippen LogP) is 1.92. The molecular weight excluding hydrogens is 312 g/mol. The third-order valence-corrected chi connectivity index (χ3v) is 4.93. The Bertz CT molecular complexity index is 747. The topological polar surface area (TPSA) is 67.4 Å². The van der Waals surface area contributed by atoms with E-state index in [2.05, 4.69) is 15.5 Å². The number of hydrogen-bond donors (Lipinski definition) is 2. The Morgan fingerprint density at radius 2 is 1.74 bits per heavy atom. The molecule has 0 saturated heterocycles. The predicted molar refractivity (Wildman–Crippen MR) is 89.0 cm³/mol. The van der Waals surface area contributed by atoms with Gasteiger partial charge in [0, 0.05) is 13.1 Å². The first kappa shape index (κ1) is 16.1. The molecule has 5 nitrogen and oxygen atoms in total. The number of ether oxygens (including phenoxy) is 1. The fourth-order valence-electron chi connectivity index (χ4n) is 2.66. The van der Waals surface area contributed by atoms with Crippen LogP contribution in [0.25, 0.3) is 0 Å². The average molecular weight is 332 g/mol. The molecular formula is C17H20N2O3S. The van der Waals surface area contributed by atoms with Gasteiger partial charge in [-0.2, -0.15) is 17.9 Å². The first-order valence-electron chi connectivity index (χ1n) is 7.62. The molecule has 0 radical (unpaired) electrons. The van der Waals surface area contributed by atoms with Crippen LogP contribution in [0, 0.1) is 0 Å². The van der Waals surface area contributed by atoms with Crippen molar-refractivity contribution in [3.63, 3.8) is 0 Å². The molecule has 6 heteroatoms. The van der Waals surface area contributed by atoms with Gasteiger partial charge in [0.1, 0.15) is 0 Å². The summed E-state index contributed by atoms with van der Waals surface area (Å²) < 4.78 is 35.0. The first-order chi connectivity index (χ1) is 11.1. The molecule has 23 heavy (non-hydrogen) atoms. The Morgan fingerprint density at radius 1 is 1.00 bits per heavy atom. The highest BCUT2D eigenvalue weighted by molar-refractivity contribution is 7.87. The second kappa shape index (κ2) is 7.23. The molecule has 3 rings (SSSR count). The fraction of sp³-hybridized carbons (Fsp3) is 0.294. The second-order valence-electron chi connectivity index (χ2n) is 5.47. The lowest BCUT2D eigenvalue weighted by molar-refractivity contribution is 0.0460. The minimum atomic E-state index is -3.56. The molecule has 1 aliphatic heterocycles. The summed E-state index contributed by atoms with van der Waals surface area (Å²) in [6.07, 6.45) is 0.624. The molecule has 0 saturated carbocycles. The van der Waals surface area contributed by atoms with Crippen molar-refractivity contribution in [2.75, 3.05) is 13.2 Å². The molecule has 0 aromatic heterocycles. The Balaban J connectivity index is 1.57. The highest BCUT2D eigenvalue weighted by atomic mass is 32.2. The quantitative estimate of drug-likeness (QED) is 0.849. The summed E-state index contributed by atoms with van der Waals surface area (Å²) in [5.74, 6) is 0. The summed E-state index contributed by atoms with van der Waals surface area (Å²) in [4.78, 5) is 0. The van der Waals surface area contributed by atoms with Gasteiger partial charge in [-0.05, 0) is 23.1 Å². The molecule has 1 aliphatic rings. The van der Waals surface area contributed by atoms with Crippen LogP contribution in [-0.4, -0.2) is 21.6 Å². The van der Waals surface area contributed by atoms with Crippen molar-refractivity contribution in [2.45, 2.75) is 19.1 Å². The molecule has 1 unspecified atom stereocenters. The van der Waals surface area contributed by atoms with Crippen LogP contribution in [0.5, 0.6) is 0 Å². The van der Waals surface area contributed by atoms with Crippen LogP contribution in [0.15, 0.2) is 54.6 Å². The highest BCUT2D eigenvalue weighted by Gasteiger charge is 2.22. The molecule has 2 aromatic rings. The van der Waals surface area contributed by atoms with Crippen molar-refractivity contribution in [1.82, 2.24) is 9.44 Å². The second-order valence-corrected chi connectivity index (χ2v) is 7.05. The van der Waals surface area contributed by atoms with Crippen LogP contribution >= 0.6 is 0 Å². The molecule has 0 spiro atoms. The summed E-state index contributed by atoms with van der Waals surface area (Å²) in [6, 6.07) is 17.4. The van der Waals surface area contributed by atoms with Crippen LogP contribution in [0.2, 0.25) is 0 Å². The Hall–Kier alpha value is -1.73. The van der Waals surface area contributed by atoms with E-state index in [1.54, 1.807) is 0 Å². The minimum absolute atomic E-state index is 0.223. The van der Waals surface area contributed by atoms with Gasteiger partial charge in [-0.3, -0.25) is 0 Å². The summed E-state index contributed by atoms with van der Waals surface area (Å²) in [5.41, 5.74) is 3.20. The maximum Gasteiger partial charge on any atom is 0.277 e. The van der Waals surface area contributed by atoms with Crippen molar-refractivity contribution in [2.24, 2.45) is 0 Å². The summed E-state index contributed by atoms with van der Waals surface area (Å²) in [7, 11) is -3.56. The maximum absolute atomic E-state index is 12.1. The van der Waals surface area contributed by atoms with E-state index in [-0.39, 0.29) is 19.2 Å². The normalized spacial score (nSPS) is 17.7. The van der Waals surface area contributed by atoms with Gasteiger partial charge in [0.25, 0.3) is 10.2 Å². The van der Waals surface area contributed by atoms with Gasteiger partial charge in [-0.15, -0.1) is 0 Å². The zero-order valence-electron chi connectivity index (χ0n) is 12.7. The Kier molecular flexibility index (Phi) is 5.07. The molecule has 1 atom stereocenters. The number of hydrogen-bond acceptors (Lipinski definition) is 3. The molecule has 2 N–H and O–H groups in total. The molecule has 0 amide bonds. The minimum Gasteiger partial charge on any atom is -0.372 e. The zero-order valence-corrected chi connectivity index (χ0v) is 13.6. The average Bonchev–Trinajstić information content (AvgIpc) is 2.59. The van der Waals surface area contributed by atoms with Crippen molar-refractivity contribution in [3.8, 4) is 0 Å². The standard InChI is InChI=1S/C17H20N2O3S/c20-23(21,18-12-14-6-2-1-3-7-14)19-13-17-16-9-5-4-8-15(16)10-11-22-17/h1-9,17-19H,10-13H2. The van der Waals surface area contributed by atoms with E-state index in [1.807, 2.05) is 48.5 Å². The zero-order chi connectivity index (χ0) is 16.1. The van der Waals surface area contributed by atoms with Gasteiger partial charge in [0.05, 0.1) is 12.7 Å². The van der Waals surface area contributed by atoms with Gasteiger partial charge in [-0.25, -0.2) is 0 Å². The smallest absolute Gasteiger partial charge is 0.277 e. The van der Waals surface area contributed by atoms with Gasteiger partial charge in [0.2, 0.25) is 0 Å². The van der Waals surface area contributed by atoms with Crippen LogP contribution < -0.4 is 9.44 Å². The van der Waals surface area contributed by atoms with Crippen LogP contribution in [0.3, 0.4) is 0 Å². The lowest BCUT2D eigenvalue weighted by Gasteiger charge is -2.26. The number of fused-ring (bicyclic) bond motifs is 1. The Labute approximate surface area is 136 Å². The van der Waals surface area contributed by atoms with Crippen molar-refractivity contribution in [3.05, 3.63) is 71.3 Å². The molecule has 0 aliphatic carbocycles. The van der Waals surface area contributed by atoms with Crippen LogP contribution in [0.1, 0.15) is 22.8 Å². The molecule has 2 aromatic carbocycles. The molecule has 0 bridgehead atoms. The number of nitrogens with one attached hydrogen (secondary N) is 2. The monoisotopic (exact) mass is 332 g/mol. The van der Waals surface area contributed by atoms with Gasteiger partial charge in [-0.1, -0.05) is 54.6 Å². The van der Waals surface area contributed by atoms with E-state index in [0.29, 0.717) is 6.61 Å². The third-order valence-electron chi connectivity index (χ3n) is 3.86. The van der Waals surface area contributed by atoms with Crippen molar-refractivity contribution >= 4 is 10.2 Å². The van der Waals surface area contributed by atoms with Crippen LogP contribution in [-0.2, 0) is 27.9 Å². The van der Waals surface area contributed by atoms with Crippen molar-refractivity contribution < 1.29 is 13.2 Å². The SMILES string of the molecule is O=S(=O)(NCc1ccccc1)NCC1OCCc2ccccc21. The van der Waals surface area contributed by atoms with E-state index in [4.69, 9.17) is 4.74 Å². The van der Waals surface area contributed by atoms with E-state index in [9.17, 15) is 8.42 Å². The van der Waals surface area contributed by atoms with E-state index >= 15 is 0 Å². The Morgan fingerprint density at radius 3 is 2.57 bits per heavy atom. The van der Waals surface area contributed by atoms with E-state index in [1.165, 1.54) is 5.56 Å². The van der Waals surface area contributed by atoms with Gasteiger partial charge >= 0.3 is 0 Å². The number of rotatable bonds is 6. The van der Waals surface area contributed by atoms with E-state index in [0.717, 1.165) is 17.5 Å². The van der Waals surface area contributed by atoms with Crippen LogP contribution in [0.4, 0.5) is 0 Å². The molecule has 0 fully saturated rings. The largest absolute Gasteiger partial charge is 0.372 e. The lowest BCUT2D eigenvalue weighted by atomic mass is 9.98. The maximum atomic E-state index is 12.1. The lowest BCUT2D eigenvalue weighted by Crippen LogP contribution is -2.39. The highest BCUT2D eigenvalue weighted by Crippen LogP contribution is 2.26. The van der Waals surface area contributed by atoms with Crippen molar-refractivity contribution in [1.29, 1.82) is 0 Å². The number of benzene rings is 2. The molecule has 1 heterocycles. The summed E-state index contributed by atoms with van der Waals surface area (Å²) in [5, 5.41) is 0. The molecule has 122 valence electrons. The fourth-order valence-corrected chi connectivity index (χ4v) is 3.49.